The molecule has 0 aromatic heterocycles. The minimum absolute atomic E-state index is 0.353. The molecule has 13 heavy (non-hydrogen) atoms. The van der Waals surface area contributed by atoms with Crippen LogP contribution in [-0.4, -0.2) is 30.7 Å². The van der Waals surface area contributed by atoms with E-state index in [0.29, 0.717) is 38.9 Å². The first-order valence-electron chi connectivity index (χ1n) is 4.46. The molecule has 0 bridgehead atoms. The second-order valence-electron chi connectivity index (χ2n) is 3.20. The smallest absolute Gasteiger partial charge is 0.309 e. The fraction of sp³-hybridized carbons (Fsp3) is 0.875. The van der Waals surface area contributed by atoms with Gasteiger partial charge in [0.05, 0.1) is 5.41 Å². The number of aliphatic carboxylic acids is 1. The van der Waals surface area contributed by atoms with Crippen molar-refractivity contribution < 1.29 is 9.90 Å². The molecule has 0 aromatic rings. The van der Waals surface area contributed by atoms with Crippen molar-refractivity contribution in [3.8, 4) is 0 Å². The SMILES string of the molecule is NCCC(CCN)(CCN)C(=O)O. The maximum Gasteiger partial charge on any atom is 0.309 e. The van der Waals surface area contributed by atoms with Gasteiger partial charge in [0.2, 0.25) is 0 Å². The minimum atomic E-state index is -0.839. The van der Waals surface area contributed by atoms with Gasteiger partial charge in [0.15, 0.2) is 0 Å². The molecule has 0 heterocycles. The molecule has 0 aliphatic carbocycles. The molecular weight excluding hydrogens is 170 g/mol. The van der Waals surface area contributed by atoms with Crippen molar-refractivity contribution in [1.29, 1.82) is 0 Å². The minimum Gasteiger partial charge on any atom is -0.481 e. The summed E-state index contributed by atoms with van der Waals surface area (Å²) in [5.74, 6) is -0.839. The summed E-state index contributed by atoms with van der Waals surface area (Å²) in [6, 6.07) is 0. The van der Waals surface area contributed by atoms with Gasteiger partial charge in [-0.25, -0.2) is 0 Å². The zero-order valence-corrected chi connectivity index (χ0v) is 7.83. The van der Waals surface area contributed by atoms with Crippen molar-refractivity contribution in [1.82, 2.24) is 0 Å². The summed E-state index contributed by atoms with van der Waals surface area (Å²) in [6.45, 7) is 1.06. The van der Waals surface area contributed by atoms with Gasteiger partial charge >= 0.3 is 5.97 Å². The van der Waals surface area contributed by atoms with Gasteiger partial charge in [-0.1, -0.05) is 0 Å². The summed E-state index contributed by atoms with van der Waals surface area (Å²) in [5, 5.41) is 9.05. The molecule has 0 fully saturated rings. The van der Waals surface area contributed by atoms with E-state index in [1.807, 2.05) is 0 Å². The Labute approximate surface area is 78.3 Å². The number of carboxylic acid groups (broad SMARTS) is 1. The van der Waals surface area contributed by atoms with E-state index in [4.69, 9.17) is 22.3 Å². The van der Waals surface area contributed by atoms with Crippen LogP contribution >= 0.6 is 0 Å². The van der Waals surface area contributed by atoms with E-state index in [1.165, 1.54) is 0 Å². The Balaban J connectivity index is 4.48. The van der Waals surface area contributed by atoms with Crippen LogP contribution in [0.5, 0.6) is 0 Å². The normalized spacial score (nSPS) is 11.6. The van der Waals surface area contributed by atoms with E-state index in [0.717, 1.165) is 0 Å². The highest BCUT2D eigenvalue weighted by Crippen LogP contribution is 2.29. The van der Waals surface area contributed by atoms with Crippen LogP contribution in [0.25, 0.3) is 0 Å². The summed E-state index contributed by atoms with van der Waals surface area (Å²) in [6.07, 6.45) is 1.32. The van der Waals surface area contributed by atoms with Gasteiger partial charge in [0.1, 0.15) is 0 Å². The average molecular weight is 189 g/mol. The molecule has 7 N–H and O–H groups in total. The Morgan fingerprint density at radius 2 is 1.31 bits per heavy atom. The molecule has 0 aliphatic rings. The molecular formula is C8H19N3O2. The molecule has 0 saturated heterocycles. The largest absolute Gasteiger partial charge is 0.481 e. The van der Waals surface area contributed by atoms with Gasteiger partial charge in [-0.05, 0) is 38.9 Å². The lowest BCUT2D eigenvalue weighted by atomic mass is 9.78. The first kappa shape index (κ1) is 12.3. The van der Waals surface area contributed by atoms with Crippen molar-refractivity contribution in [3.05, 3.63) is 0 Å². The summed E-state index contributed by atoms with van der Waals surface area (Å²) in [4.78, 5) is 11.0. The van der Waals surface area contributed by atoms with Crippen LogP contribution < -0.4 is 17.2 Å². The third-order valence-electron chi connectivity index (χ3n) is 2.32. The highest BCUT2D eigenvalue weighted by molar-refractivity contribution is 5.74. The van der Waals surface area contributed by atoms with E-state index in [2.05, 4.69) is 0 Å². The molecule has 0 aliphatic heterocycles. The molecule has 5 nitrogen and oxygen atoms in total. The quantitative estimate of drug-likeness (QED) is 0.414. The molecule has 0 atom stereocenters. The molecule has 5 heteroatoms. The molecule has 0 aromatic carbocycles. The zero-order chi connectivity index (χ0) is 10.3. The Bertz CT molecular complexity index is 144. The van der Waals surface area contributed by atoms with Gasteiger partial charge in [0, 0.05) is 0 Å². The monoisotopic (exact) mass is 189 g/mol. The van der Waals surface area contributed by atoms with Gasteiger partial charge in [-0.3, -0.25) is 4.79 Å². The number of rotatable bonds is 7. The fourth-order valence-corrected chi connectivity index (χ4v) is 1.52. The molecule has 0 radical (unpaired) electrons. The van der Waals surface area contributed by atoms with Crippen LogP contribution in [0.1, 0.15) is 19.3 Å². The fourth-order valence-electron chi connectivity index (χ4n) is 1.52. The van der Waals surface area contributed by atoms with Crippen LogP contribution in [-0.2, 0) is 4.79 Å². The maximum atomic E-state index is 11.0. The van der Waals surface area contributed by atoms with Crippen molar-refractivity contribution in [2.75, 3.05) is 19.6 Å². The lowest BCUT2D eigenvalue weighted by Crippen LogP contribution is -2.37. The second kappa shape index (κ2) is 5.90. The Morgan fingerprint density at radius 1 is 1.00 bits per heavy atom. The molecule has 78 valence electrons. The first-order chi connectivity index (χ1) is 6.13. The highest BCUT2D eigenvalue weighted by Gasteiger charge is 2.35. The van der Waals surface area contributed by atoms with E-state index < -0.39 is 11.4 Å². The topological polar surface area (TPSA) is 115 Å². The second-order valence-corrected chi connectivity index (χ2v) is 3.20. The summed E-state index contributed by atoms with van der Waals surface area (Å²) >= 11 is 0. The van der Waals surface area contributed by atoms with E-state index in [1.54, 1.807) is 0 Å². The van der Waals surface area contributed by atoms with Gasteiger partial charge < -0.3 is 22.3 Å². The molecule has 0 saturated carbocycles. The molecule has 0 amide bonds. The number of carbonyl (C=O) groups is 1. The van der Waals surface area contributed by atoms with E-state index >= 15 is 0 Å². The van der Waals surface area contributed by atoms with Crippen molar-refractivity contribution in [2.24, 2.45) is 22.6 Å². The standard InChI is InChI=1S/C8H19N3O2/c9-4-1-8(2-5-10,3-6-11)7(12)13/h1-6,9-11H2,(H,12,13). The van der Waals surface area contributed by atoms with Crippen molar-refractivity contribution in [2.45, 2.75) is 19.3 Å². The number of carboxylic acids is 1. The van der Waals surface area contributed by atoms with Crippen LogP contribution in [0.3, 0.4) is 0 Å². The number of hydrogen-bond donors (Lipinski definition) is 4. The third kappa shape index (κ3) is 3.30. The molecule has 0 spiro atoms. The number of hydrogen-bond acceptors (Lipinski definition) is 4. The van der Waals surface area contributed by atoms with Crippen LogP contribution in [0.2, 0.25) is 0 Å². The summed E-state index contributed by atoms with van der Waals surface area (Å²) < 4.78 is 0. The van der Waals surface area contributed by atoms with E-state index in [9.17, 15) is 4.79 Å². The lowest BCUT2D eigenvalue weighted by molar-refractivity contribution is -0.150. The molecule has 0 unspecified atom stereocenters. The van der Waals surface area contributed by atoms with Crippen molar-refractivity contribution in [3.63, 3.8) is 0 Å². The average Bonchev–Trinajstić information content (AvgIpc) is 2.05. The van der Waals surface area contributed by atoms with Crippen LogP contribution in [0.15, 0.2) is 0 Å². The van der Waals surface area contributed by atoms with Gasteiger partial charge in [0.25, 0.3) is 0 Å². The first-order valence-corrected chi connectivity index (χ1v) is 4.46. The summed E-state index contributed by atoms with van der Waals surface area (Å²) in [5.41, 5.74) is 15.3. The molecule has 0 rings (SSSR count). The van der Waals surface area contributed by atoms with E-state index in [-0.39, 0.29) is 0 Å². The zero-order valence-electron chi connectivity index (χ0n) is 7.83. The van der Waals surface area contributed by atoms with Gasteiger partial charge in [-0.15, -0.1) is 0 Å². The van der Waals surface area contributed by atoms with Gasteiger partial charge in [-0.2, -0.15) is 0 Å². The Hall–Kier alpha value is -0.650. The number of nitrogens with two attached hydrogens (primary N) is 3. The highest BCUT2D eigenvalue weighted by atomic mass is 16.4. The maximum absolute atomic E-state index is 11.0. The third-order valence-corrected chi connectivity index (χ3v) is 2.32. The Morgan fingerprint density at radius 3 is 1.46 bits per heavy atom. The lowest BCUT2D eigenvalue weighted by Gasteiger charge is -2.27. The Kier molecular flexibility index (Phi) is 5.61. The predicted molar refractivity (Wildman–Crippen MR) is 51.1 cm³/mol. The van der Waals surface area contributed by atoms with Crippen LogP contribution in [0.4, 0.5) is 0 Å². The van der Waals surface area contributed by atoms with Crippen LogP contribution in [0, 0.1) is 5.41 Å². The predicted octanol–water partition coefficient (Wildman–Crippen LogP) is -0.896. The summed E-state index contributed by atoms with van der Waals surface area (Å²) in [7, 11) is 0. The van der Waals surface area contributed by atoms with Crippen molar-refractivity contribution >= 4 is 5.97 Å².